The molecule has 2 fully saturated rings. The molecular weight excluding hydrogens is 394 g/mol. The molecule has 8 heteroatoms. The topological polar surface area (TPSA) is 49.9 Å². The quantitative estimate of drug-likeness (QED) is 0.680. The van der Waals surface area contributed by atoms with E-state index in [1.807, 2.05) is 0 Å². The summed E-state index contributed by atoms with van der Waals surface area (Å²) in [7, 11) is 0. The lowest BCUT2D eigenvalue weighted by Gasteiger charge is -2.42. The van der Waals surface area contributed by atoms with E-state index in [2.05, 4.69) is 0 Å². The summed E-state index contributed by atoms with van der Waals surface area (Å²) < 4.78 is 18.2. The van der Waals surface area contributed by atoms with Gasteiger partial charge < -0.3 is 14.5 Å². The minimum absolute atomic E-state index is 0.168. The zero-order chi connectivity index (χ0) is 20.0. The van der Waals surface area contributed by atoms with E-state index in [-0.39, 0.29) is 12.5 Å². The van der Waals surface area contributed by atoms with Crippen LogP contribution < -0.4 is 0 Å². The van der Waals surface area contributed by atoms with Gasteiger partial charge in [-0.2, -0.15) is 0 Å². The summed E-state index contributed by atoms with van der Waals surface area (Å²) in [6.07, 6.45) is -0.0525. The maximum Gasteiger partial charge on any atom is 0.410 e. The summed E-state index contributed by atoms with van der Waals surface area (Å²) >= 11 is 12.1. The minimum Gasteiger partial charge on any atom is -0.444 e. The molecule has 1 aliphatic carbocycles. The maximum absolute atomic E-state index is 13.8. The Labute approximate surface area is 168 Å². The Morgan fingerprint density at radius 2 is 1.93 bits per heavy atom. The van der Waals surface area contributed by atoms with E-state index < -0.39 is 33.8 Å². The van der Waals surface area contributed by atoms with Crippen LogP contribution in [0.5, 0.6) is 0 Å². The van der Waals surface area contributed by atoms with Gasteiger partial charge in [-0.05, 0) is 44.9 Å². The highest BCUT2D eigenvalue weighted by Gasteiger charge is 2.58. The standard InChI is InChI=1S/C19H23Cl2FN2O3/c1-18(2,3)27-17(26)23-7-8-24(16(25)14-10-19(14,20)21)15(11-23)12-5-4-6-13(22)9-12/h4-6,9,14-15H,7-8,10-11H2,1-3H3/t14-,15-/m1/s1. The second kappa shape index (κ2) is 7.13. The van der Waals surface area contributed by atoms with E-state index in [0.717, 1.165) is 0 Å². The Hall–Kier alpha value is -1.53. The van der Waals surface area contributed by atoms with E-state index >= 15 is 0 Å². The van der Waals surface area contributed by atoms with Gasteiger partial charge in [0.25, 0.3) is 0 Å². The fraction of sp³-hybridized carbons (Fsp3) is 0.579. The van der Waals surface area contributed by atoms with Gasteiger partial charge in [0.05, 0.1) is 12.0 Å². The van der Waals surface area contributed by atoms with Crippen molar-refractivity contribution in [2.75, 3.05) is 19.6 Å². The Balaban J connectivity index is 1.83. The number of halogens is 3. The summed E-state index contributed by atoms with van der Waals surface area (Å²) in [5.41, 5.74) is -0.00418. The lowest BCUT2D eigenvalue weighted by molar-refractivity contribution is -0.137. The lowest BCUT2D eigenvalue weighted by atomic mass is 10.0. The molecule has 2 aliphatic rings. The molecule has 3 rings (SSSR count). The molecular formula is C19H23Cl2FN2O3. The molecule has 27 heavy (non-hydrogen) atoms. The number of ether oxygens (including phenoxy) is 1. The van der Waals surface area contributed by atoms with Crippen LogP contribution in [0.3, 0.4) is 0 Å². The molecule has 0 bridgehead atoms. The van der Waals surface area contributed by atoms with Crippen molar-refractivity contribution in [3.05, 3.63) is 35.6 Å². The number of carbonyl (C=O) groups excluding carboxylic acids is 2. The first kappa shape index (κ1) is 20.2. The molecule has 1 aromatic rings. The summed E-state index contributed by atoms with van der Waals surface area (Å²) in [4.78, 5) is 28.5. The van der Waals surface area contributed by atoms with Crippen molar-refractivity contribution in [3.8, 4) is 0 Å². The number of benzene rings is 1. The van der Waals surface area contributed by atoms with Crippen molar-refractivity contribution < 1.29 is 18.7 Å². The van der Waals surface area contributed by atoms with Crippen molar-refractivity contribution in [2.24, 2.45) is 5.92 Å². The number of nitrogens with zero attached hydrogens (tertiary/aromatic N) is 2. The van der Waals surface area contributed by atoms with Crippen LogP contribution in [0.25, 0.3) is 0 Å². The van der Waals surface area contributed by atoms with Gasteiger partial charge in [0.2, 0.25) is 5.91 Å². The van der Waals surface area contributed by atoms with Crippen molar-refractivity contribution in [1.29, 1.82) is 0 Å². The Morgan fingerprint density at radius 3 is 2.48 bits per heavy atom. The number of rotatable bonds is 2. The molecule has 2 atom stereocenters. The first-order chi connectivity index (χ1) is 12.5. The molecule has 0 N–H and O–H groups in total. The Morgan fingerprint density at radius 1 is 1.26 bits per heavy atom. The molecule has 2 amide bonds. The van der Waals surface area contributed by atoms with Crippen molar-refractivity contribution in [1.82, 2.24) is 9.80 Å². The molecule has 1 aliphatic heterocycles. The summed E-state index contributed by atoms with van der Waals surface area (Å²) in [5.74, 6) is -1.03. The molecule has 1 aromatic carbocycles. The average Bonchev–Trinajstić information content (AvgIpc) is 3.20. The van der Waals surface area contributed by atoms with E-state index in [1.54, 1.807) is 42.7 Å². The SMILES string of the molecule is CC(C)(C)OC(=O)N1CCN(C(=O)[C@H]2CC2(Cl)Cl)[C@@H](c2cccc(F)c2)C1. The van der Waals surface area contributed by atoms with Crippen LogP contribution in [0.4, 0.5) is 9.18 Å². The fourth-order valence-electron chi connectivity index (χ4n) is 3.22. The largest absolute Gasteiger partial charge is 0.444 e. The van der Waals surface area contributed by atoms with Crippen LogP contribution in [-0.4, -0.2) is 51.4 Å². The highest BCUT2D eigenvalue weighted by Crippen LogP contribution is 2.54. The van der Waals surface area contributed by atoms with Crippen LogP contribution in [0.15, 0.2) is 24.3 Å². The number of piperazine rings is 1. The van der Waals surface area contributed by atoms with Gasteiger partial charge in [-0.1, -0.05) is 12.1 Å². The first-order valence-corrected chi connectivity index (χ1v) is 9.65. The number of carbonyl (C=O) groups is 2. The number of alkyl halides is 2. The molecule has 1 saturated carbocycles. The third kappa shape index (κ3) is 4.66. The molecule has 148 valence electrons. The van der Waals surface area contributed by atoms with Gasteiger partial charge in [0, 0.05) is 19.6 Å². The van der Waals surface area contributed by atoms with E-state index in [1.165, 1.54) is 12.1 Å². The Bertz CT molecular complexity index is 751. The van der Waals surface area contributed by atoms with Gasteiger partial charge in [0.15, 0.2) is 0 Å². The van der Waals surface area contributed by atoms with Crippen LogP contribution in [0.2, 0.25) is 0 Å². The minimum atomic E-state index is -1.04. The van der Waals surface area contributed by atoms with E-state index in [0.29, 0.717) is 25.1 Å². The molecule has 1 saturated heterocycles. The van der Waals surface area contributed by atoms with Crippen molar-refractivity contribution in [2.45, 2.75) is 43.2 Å². The third-order valence-electron chi connectivity index (χ3n) is 4.67. The van der Waals surface area contributed by atoms with Gasteiger partial charge >= 0.3 is 6.09 Å². The maximum atomic E-state index is 13.8. The highest BCUT2D eigenvalue weighted by atomic mass is 35.5. The summed E-state index contributed by atoms with van der Waals surface area (Å²) in [6.45, 7) is 6.23. The zero-order valence-corrected chi connectivity index (χ0v) is 17.1. The number of hydrogen-bond donors (Lipinski definition) is 0. The fourth-order valence-corrected chi connectivity index (χ4v) is 3.71. The second-order valence-electron chi connectivity index (χ2n) is 8.05. The van der Waals surface area contributed by atoms with Crippen LogP contribution in [0, 0.1) is 11.7 Å². The van der Waals surface area contributed by atoms with Gasteiger partial charge in [-0.25, -0.2) is 9.18 Å². The smallest absolute Gasteiger partial charge is 0.410 e. The monoisotopic (exact) mass is 416 g/mol. The molecule has 5 nitrogen and oxygen atoms in total. The van der Waals surface area contributed by atoms with Gasteiger partial charge in [0.1, 0.15) is 15.8 Å². The van der Waals surface area contributed by atoms with Gasteiger partial charge in [-0.3, -0.25) is 4.79 Å². The number of amides is 2. The van der Waals surface area contributed by atoms with Crippen LogP contribution in [0.1, 0.15) is 38.8 Å². The predicted octanol–water partition coefficient (Wildman–Crippen LogP) is 4.14. The van der Waals surface area contributed by atoms with E-state index in [9.17, 15) is 14.0 Å². The summed E-state index contributed by atoms with van der Waals surface area (Å²) in [5, 5.41) is 0. The lowest BCUT2D eigenvalue weighted by Crippen LogP contribution is -2.53. The van der Waals surface area contributed by atoms with Crippen molar-refractivity contribution >= 4 is 35.2 Å². The van der Waals surface area contributed by atoms with Crippen LogP contribution >= 0.6 is 23.2 Å². The molecule has 0 spiro atoms. The molecule has 0 aromatic heterocycles. The summed E-state index contributed by atoms with van der Waals surface area (Å²) in [6, 6.07) is 5.57. The van der Waals surface area contributed by atoms with E-state index in [4.69, 9.17) is 27.9 Å². The number of hydrogen-bond acceptors (Lipinski definition) is 3. The zero-order valence-electron chi connectivity index (χ0n) is 15.5. The molecule has 0 unspecified atom stereocenters. The van der Waals surface area contributed by atoms with Crippen LogP contribution in [-0.2, 0) is 9.53 Å². The molecule has 1 heterocycles. The Kier molecular flexibility index (Phi) is 5.34. The highest BCUT2D eigenvalue weighted by molar-refractivity contribution is 6.52. The molecule has 0 radical (unpaired) electrons. The average molecular weight is 417 g/mol. The van der Waals surface area contributed by atoms with Gasteiger partial charge in [-0.15, -0.1) is 23.2 Å². The normalized spacial score (nSPS) is 24.5. The van der Waals surface area contributed by atoms with Crippen molar-refractivity contribution in [3.63, 3.8) is 0 Å². The second-order valence-corrected chi connectivity index (χ2v) is 9.59. The third-order valence-corrected chi connectivity index (χ3v) is 5.51. The first-order valence-electron chi connectivity index (χ1n) is 8.89. The predicted molar refractivity (Wildman–Crippen MR) is 101 cm³/mol.